The molecular weight excluding hydrogens is 183 g/mol. The monoisotopic (exact) mass is 192 g/mol. The minimum Gasteiger partial charge on any atom is -0.195 e. The number of rotatable bonds is 0. The maximum absolute atomic E-state index is 13.0. The lowest BCUT2D eigenvalue weighted by molar-refractivity contribution is 0.539. The molecule has 0 saturated heterocycles. The zero-order chi connectivity index (χ0) is 8.65. The molecule has 0 amide bonds. The van der Waals surface area contributed by atoms with Crippen LogP contribution in [0, 0.1) is 5.13 Å². The van der Waals surface area contributed by atoms with Gasteiger partial charge >= 0.3 is 0 Å². The highest BCUT2D eigenvalue weighted by atomic mass is 35.5. The van der Waals surface area contributed by atoms with E-state index in [0.717, 1.165) is 11.3 Å². The van der Waals surface area contributed by atoms with Gasteiger partial charge in [0.15, 0.2) is 5.13 Å². The summed E-state index contributed by atoms with van der Waals surface area (Å²) < 4.78 is 13.0. The molecule has 0 nitrogen and oxygen atoms in total. The van der Waals surface area contributed by atoms with Crippen LogP contribution in [-0.4, -0.2) is 0 Å². The third kappa shape index (κ3) is 1.74. The van der Waals surface area contributed by atoms with Gasteiger partial charge in [-0.2, -0.15) is 4.39 Å². The summed E-state index contributed by atoms with van der Waals surface area (Å²) in [6.07, 6.45) is 0. The normalized spacial score (nSPS) is 12.1. The fourth-order valence-corrected chi connectivity index (χ4v) is 2.38. The smallest absolute Gasteiger partial charge is 0.181 e. The Balaban J connectivity index is 3.21. The molecule has 0 atom stereocenters. The lowest BCUT2D eigenvalue weighted by atomic mass is 9.89. The van der Waals surface area contributed by atoms with E-state index in [2.05, 4.69) is 0 Å². The van der Waals surface area contributed by atoms with Gasteiger partial charge in [0.05, 0.1) is 5.02 Å². The Kier molecular flexibility index (Phi) is 2.26. The van der Waals surface area contributed by atoms with Crippen LogP contribution in [0.1, 0.15) is 26.3 Å². The van der Waals surface area contributed by atoms with Crippen LogP contribution in [-0.2, 0) is 5.41 Å². The average Bonchev–Trinajstić information content (AvgIpc) is 2.08. The molecule has 0 saturated carbocycles. The highest BCUT2D eigenvalue weighted by Crippen LogP contribution is 2.35. The second-order valence-electron chi connectivity index (χ2n) is 3.48. The first-order chi connectivity index (χ1) is 4.93. The highest BCUT2D eigenvalue weighted by molar-refractivity contribution is 7.09. The Labute approximate surface area is 75.0 Å². The predicted molar refractivity (Wildman–Crippen MR) is 48.0 cm³/mol. The minimum absolute atomic E-state index is 0.164. The van der Waals surface area contributed by atoms with Crippen molar-refractivity contribution < 1.29 is 4.39 Å². The van der Waals surface area contributed by atoms with Gasteiger partial charge in [-0.15, -0.1) is 11.3 Å². The molecule has 0 unspecified atom stereocenters. The van der Waals surface area contributed by atoms with Gasteiger partial charge in [-0.1, -0.05) is 32.4 Å². The van der Waals surface area contributed by atoms with Gasteiger partial charge in [-0.3, -0.25) is 0 Å². The lowest BCUT2D eigenvalue weighted by Gasteiger charge is -2.17. The molecule has 0 aliphatic carbocycles. The summed E-state index contributed by atoms with van der Waals surface area (Å²) in [5.74, 6) is 0. The summed E-state index contributed by atoms with van der Waals surface area (Å²) in [6.45, 7) is 5.85. The fourth-order valence-electron chi connectivity index (χ4n) is 0.968. The first-order valence-corrected chi connectivity index (χ1v) is 4.61. The zero-order valence-electron chi connectivity index (χ0n) is 6.74. The standard InChI is InChI=1S/C8H10ClFS/c1-8(2,3)6-5(9)4-11-7(6)10/h4H,1-3H3. The molecular formula is C8H10ClFS. The van der Waals surface area contributed by atoms with E-state index in [1.807, 2.05) is 20.8 Å². The molecule has 0 aliphatic heterocycles. The summed E-state index contributed by atoms with van der Waals surface area (Å²) in [6, 6.07) is 0. The summed E-state index contributed by atoms with van der Waals surface area (Å²) in [5, 5.41) is 2.01. The molecule has 1 aromatic rings. The van der Waals surface area contributed by atoms with Crippen molar-refractivity contribution in [3.8, 4) is 0 Å². The van der Waals surface area contributed by atoms with E-state index in [9.17, 15) is 4.39 Å². The van der Waals surface area contributed by atoms with Gasteiger partial charge in [-0.05, 0) is 5.41 Å². The van der Waals surface area contributed by atoms with E-state index in [0.29, 0.717) is 10.6 Å². The van der Waals surface area contributed by atoms with Gasteiger partial charge in [0.25, 0.3) is 0 Å². The van der Waals surface area contributed by atoms with E-state index in [1.54, 1.807) is 5.38 Å². The van der Waals surface area contributed by atoms with Crippen molar-refractivity contribution in [1.29, 1.82) is 0 Å². The Morgan fingerprint density at radius 2 is 2.00 bits per heavy atom. The van der Waals surface area contributed by atoms with E-state index in [1.165, 1.54) is 0 Å². The highest BCUT2D eigenvalue weighted by Gasteiger charge is 2.23. The molecule has 62 valence electrons. The van der Waals surface area contributed by atoms with Gasteiger partial charge in [0.2, 0.25) is 0 Å². The van der Waals surface area contributed by atoms with Crippen molar-refractivity contribution in [3.05, 3.63) is 21.1 Å². The number of halogens is 2. The molecule has 0 spiro atoms. The van der Waals surface area contributed by atoms with Crippen molar-refractivity contribution in [2.75, 3.05) is 0 Å². The average molecular weight is 193 g/mol. The van der Waals surface area contributed by atoms with Gasteiger partial charge in [-0.25, -0.2) is 0 Å². The summed E-state index contributed by atoms with van der Waals surface area (Å²) in [5.41, 5.74) is 0.436. The second-order valence-corrected chi connectivity index (χ2v) is 4.72. The van der Waals surface area contributed by atoms with Crippen molar-refractivity contribution in [1.82, 2.24) is 0 Å². The van der Waals surface area contributed by atoms with Crippen LogP contribution in [0.4, 0.5) is 4.39 Å². The van der Waals surface area contributed by atoms with Crippen LogP contribution < -0.4 is 0 Å². The molecule has 1 rings (SSSR count). The molecule has 0 aliphatic rings. The second kappa shape index (κ2) is 2.76. The summed E-state index contributed by atoms with van der Waals surface area (Å²) >= 11 is 6.86. The zero-order valence-corrected chi connectivity index (χ0v) is 8.31. The quantitative estimate of drug-likeness (QED) is 0.586. The molecule has 0 N–H and O–H groups in total. The number of thiophene rings is 1. The minimum atomic E-state index is -0.193. The van der Waals surface area contributed by atoms with Crippen LogP contribution in [0.3, 0.4) is 0 Å². The molecule has 0 bridgehead atoms. The molecule has 1 heterocycles. The third-order valence-electron chi connectivity index (χ3n) is 1.45. The number of hydrogen-bond acceptors (Lipinski definition) is 1. The van der Waals surface area contributed by atoms with Crippen molar-refractivity contribution in [2.24, 2.45) is 0 Å². The summed E-state index contributed by atoms with van der Waals surface area (Å²) in [4.78, 5) is 0. The SMILES string of the molecule is CC(C)(C)c1c(Cl)csc1F. The topological polar surface area (TPSA) is 0 Å². The first-order valence-electron chi connectivity index (χ1n) is 3.36. The fraction of sp³-hybridized carbons (Fsp3) is 0.500. The largest absolute Gasteiger partial charge is 0.195 e. The molecule has 3 heteroatoms. The first kappa shape index (κ1) is 9.01. The number of hydrogen-bond donors (Lipinski definition) is 0. The molecule has 0 radical (unpaired) electrons. The van der Waals surface area contributed by atoms with E-state index in [-0.39, 0.29) is 10.5 Å². The van der Waals surface area contributed by atoms with E-state index in [4.69, 9.17) is 11.6 Å². The maximum Gasteiger partial charge on any atom is 0.181 e. The summed E-state index contributed by atoms with van der Waals surface area (Å²) in [7, 11) is 0. The van der Waals surface area contributed by atoms with Gasteiger partial charge in [0.1, 0.15) is 0 Å². The van der Waals surface area contributed by atoms with Crippen LogP contribution >= 0.6 is 22.9 Å². The Hall–Kier alpha value is -0.0800. The van der Waals surface area contributed by atoms with Crippen LogP contribution in [0.5, 0.6) is 0 Å². The molecule has 0 fully saturated rings. The molecule has 11 heavy (non-hydrogen) atoms. The maximum atomic E-state index is 13.0. The van der Waals surface area contributed by atoms with Gasteiger partial charge in [0, 0.05) is 10.9 Å². The third-order valence-corrected chi connectivity index (χ3v) is 2.64. The molecule has 1 aromatic heterocycles. The van der Waals surface area contributed by atoms with Crippen molar-refractivity contribution in [3.63, 3.8) is 0 Å². The van der Waals surface area contributed by atoms with Crippen molar-refractivity contribution in [2.45, 2.75) is 26.2 Å². The predicted octanol–water partition coefficient (Wildman–Crippen LogP) is 3.84. The lowest BCUT2D eigenvalue weighted by Crippen LogP contribution is -2.11. The van der Waals surface area contributed by atoms with Crippen LogP contribution in [0.25, 0.3) is 0 Å². The van der Waals surface area contributed by atoms with E-state index < -0.39 is 0 Å². The molecule has 0 aromatic carbocycles. The Morgan fingerprint density at radius 1 is 1.45 bits per heavy atom. The van der Waals surface area contributed by atoms with Crippen molar-refractivity contribution >= 4 is 22.9 Å². The van der Waals surface area contributed by atoms with E-state index >= 15 is 0 Å². The van der Waals surface area contributed by atoms with Crippen LogP contribution in [0.2, 0.25) is 5.02 Å². The Bertz CT molecular complexity index is 240. The van der Waals surface area contributed by atoms with Gasteiger partial charge < -0.3 is 0 Å². The Morgan fingerprint density at radius 3 is 2.18 bits per heavy atom. The van der Waals surface area contributed by atoms with Crippen LogP contribution in [0.15, 0.2) is 5.38 Å².